The molecule has 0 saturated heterocycles. The van der Waals surface area contributed by atoms with Crippen molar-refractivity contribution < 1.29 is 4.74 Å². The second-order valence-corrected chi connectivity index (χ2v) is 4.36. The number of nitriles is 1. The van der Waals surface area contributed by atoms with Crippen molar-refractivity contribution >= 4 is 0 Å². The predicted octanol–water partition coefficient (Wildman–Crippen LogP) is 3.13. The Morgan fingerprint density at radius 1 is 1.50 bits per heavy atom. The van der Waals surface area contributed by atoms with Crippen LogP contribution in [-0.2, 0) is 4.74 Å². The van der Waals surface area contributed by atoms with E-state index in [0.29, 0.717) is 0 Å². The van der Waals surface area contributed by atoms with Crippen LogP contribution in [0.3, 0.4) is 0 Å². The summed E-state index contributed by atoms with van der Waals surface area (Å²) in [6.07, 6.45) is 5.55. The van der Waals surface area contributed by atoms with Crippen molar-refractivity contribution in [3.05, 3.63) is 0 Å². The quantitative estimate of drug-likeness (QED) is 0.631. The third kappa shape index (κ3) is 2.72. The van der Waals surface area contributed by atoms with Crippen LogP contribution >= 0.6 is 0 Å². The van der Waals surface area contributed by atoms with Gasteiger partial charge in [0.15, 0.2) is 0 Å². The number of nitrogens with zero attached hydrogens (tertiary/aromatic N) is 1. The zero-order valence-corrected chi connectivity index (χ0v) is 9.38. The summed E-state index contributed by atoms with van der Waals surface area (Å²) in [5.74, 6) is 0.774. The zero-order valence-electron chi connectivity index (χ0n) is 9.38. The van der Waals surface area contributed by atoms with Gasteiger partial charge >= 0.3 is 0 Å². The summed E-state index contributed by atoms with van der Waals surface area (Å²) in [5, 5.41) is 9.22. The SMILES string of the molecule is CCOCCC1(C#N)CCC(CC)C1. The Kier molecular flexibility index (Phi) is 4.41. The molecule has 1 fully saturated rings. The Morgan fingerprint density at radius 3 is 2.79 bits per heavy atom. The van der Waals surface area contributed by atoms with Gasteiger partial charge in [-0.25, -0.2) is 0 Å². The van der Waals surface area contributed by atoms with Gasteiger partial charge in [-0.2, -0.15) is 5.26 Å². The summed E-state index contributed by atoms with van der Waals surface area (Å²) in [6, 6.07) is 2.52. The van der Waals surface area contributed by atoms with Crippen molar-refractivity contribution in [2.45, 2.75) is 46.0 Å². The van der Waals surface area contributed by atoms with Gasteiger partial charge in [-0.3, -0.25) is 0 Å². The summed E-state index contributed by atoms with van der Waals surface area (Å²) < 4.78 is 5.34. The molecule has 0 aromatic rings. The van der Waals surface area contributed by atoms with Crippen LogP contribution in [0.5, 0.6) is 0 Å². The molecule has 1 aliphatic rings. The van der Waals surface area contributed by atoms with E-state index in [9.17, 15) is 5.26 Å². The fraction of sp³-hybridized carbons (Fsp3) is 0.917. The van der Waals surface area contributed by atoms with Gasteiger partial charge in [0.05, 0.1) is 11.5 Å². The first-order valence-corrected chi connectivity index (χ1v) is 5.75. The summed E-state index contributed by atoms with van der Waals surface area (Å²) in [4.78, 5) is 0. The lowest BCUT2D eigenvalue weighted by atomic mass is 9.83. The van der Waals surface area contributed by atoms with Crippen molar-refractivity contribution in [2.75, 3.05) is 13.2 Å². The first-order valence-electron chi connectivity index (χ1n) is 5.75. The standard InChI is InChI=1S/C12H21NO/c1-3-11-5-6-12(9-11,10-13)7-8-14-4-2/h11H,3-9H2,1-2H3. The lowest BCUT2D eigenvalue weighted by Gasteiger charge is -2.20. The number of hydrogen-bond donors (Lipinski definition) is 0. The molecule has 1 saturated carbocycles. The molecular weight excluding hydrogens is 174 g/mol. The Morgan fingerprint density at radius 2 is 2.29 bits per heavy atom. The monoisotopic (exact) mass is 195 g/mol. The van der Waals surface area contributed by atoms with Gasteiger partial charge in [0, 0.05) is 13.2 Å². The van der Waals surface area contributed by atoms with Crippen LogP contribution in [0.2, 0.25) is 0 Å². The molecular formula is C12H21NO. The van der Waals surface area contributed by atoms with Crippen molar-refractivity contribution in [1.29, 1.82) is 5.26 Å². The van der Waals surface area contributed by atoms with Crippen LogP contribution in [-0.4, -0.2) is 13.2 Å². The van der Waals surface area contributed by atoms with Crippen molar-refractivity contribution in [1.82, 2.24) is 0 Å². The Bertz CT molecular complexity index is 209. The summed E-state index contributed by atoms with van der Waals surface area (Å²) in [5.41, 5.74) is -0.0597. The highest BCUT2D eigenvalue weighted by Crippen LogP contribution is 2.44. The van der Waals surface area contributed by atoms with E-state index >= 15 is 0 Å². The molecule has 80 valence electrons. The molecule has 14 heavy (non-hydrogen) atoms. The highest BCUT2D eigenvalue weighted by atomic mass is 16.5. The molecule has 2 unspecified atom stereocenters. The van der Waals surface area contributed by atoms with E-state index in [2.05, 4.69) is 13.0 Å². The van der Waals surface area contributed by atoms with Gasteiger partial charge < -0.3 is 4.74 Å². The molecule has 0 bridgehead atoms. The minimum atomic E-state index is -0.0597. The van der Waals surface area contributed by atoms with Crippen molar-refractivity contribution in [3.63, 3.8) is 0 Å². The predicted molar refractivity (Wildman–Crippen MR) is 56.8 cm³/mol. The van der Waals surface area contributed by atoms with Crippen molar-refractivity contribution in [2.24, 2.45) is 11.3 Å². The average Bonchev–Trinajstić information content (AvgIpc) is 2.63. The lowest BCUT2D eigenvalue weighted by Crippen LogP contribution is -2.17. The maximum atomic E-state index is 9.22. The van der Waals surface area contributed by atoms with Crippen LogP contribution in [0.25, 0.3) is 0 Å². The molecule has 0 heterocycles. The third-order valence-corrected chi connectivity index (χ3v) is 3.45. The number of rotatable bonds is 5. The van der Waals surface area contributed by atoms with Gasteiger partial charge in [-0.1, -0.05) is 13.3 Å². The van der Waals surface area contributed by atoms with Crippen LogP contribution in [0.1, 0.15) is 46.0 Å². The smallest absolute Gasteiger partial charge is 0.0690 e. The van der Waals surface area contributed by atoms with E-state index in [0.717, 1.165) is 38.4 Å². The van der Waals surface area contributed by atoms with Gasteiger partial charge in [0.2, 0.25) is 0 Å². The maximum Gasteiger partial charge on any atom is 0.0690 e. The van der Waals surface area contributed by atoms with E-state index < -0.39 is 0 Å². The fourth-order valence-corrected chi connectivity index (χ4v) is 2.38. The molecule has 2 heteroatoms. The van der Waals surface area contributed by atoms with Crippen molar-refractivity contribution in [3.8, 4) is 6.07 Å². The molecule has 0 radical (unpaired) electrons. The number of hydrogen-bond acceptors (Lipinski definition) is 2. The van der Waals surface area contributed by atoms with E-state index in [-0.39, 0.29) is 5.41 Å². The van der Waals surface area contributed by atoms with Gasteiger partial charge in [-0.05, 0) is 38.5 Å². The first-order chi connectivity index (χ1) is 6.76. The average molecular weight is 195 g/mol. The summed E-state index contributed by atoms with van der Waals surface area (Å²) in [7, 11) is 0. The molecule has 2 nitrogen and oxygen atoms in total. The summed E-state index contributed by atoms with van der Waals surface area (Å²) >= 11 is 0. The summed E-state index contributed by atoms with van der Waals surface area (Å²) in [6.45, 7) is 5.74. The highest BCUT2D eigenvalue weighted by molar-refractivity contribution is 5.03. The van der Waals surface area contributed by atoms with E-state index in [1.165, 1.54) is 12.8 Å². The Hall–Kier alpha value is -0.550. The number of ether oxygens (including phenoxy) is 1. The third-order valence-electron chi connectivity index (χ3n) is 3.45. The molecule has 0 N–H and O–H groups in total. The van der Waals surface area contributed by atoms with E-state index in [1.54, 1.807) is 0 Å². The van der Waals surface area contributed by atoms with Crippen LogP contribution < -0.4 is 0 Å². The van der Waals surface area contributed by atoms with Gasteiger partial charge in [0.1, 0.15) is 0 Å². The molecule has 1 aliphatic carbocycles. The highest BCUT2D eigenvalue weighted by Gasteiger charge is 2.38. The topological polar surface area (TPSA) is 33.0 Å². The second kappa shape index (κ2) is 5.36. The van der Waals surface area contributed by atoms with Crippen LogP contribution in [0, 0.1) is 22.7 Å². The largest absolute Gasteiger partial charge is 0.382 e. The normalized spacial score (nSPS) is 31.6. The molecule has 0 spiro atoms. The zero-order chi connectivity index (χ0) is 10.4. The molecule has 2 atom stereocenters. The second-order valence-electron chi connectivity index (χ2n) is 4.36. The molecule has 0 aromatic carbocycles. The molecule has 0 aliphatic heterocycles. The molecule has 1 rings (SSSR count). The minimum Gasteiger partial charge on any atom is -0.382 e. The first kappa shape index (κ1) is 11.5. The minimum absolute atomic E-state index is 0.0597. The Labute approximate surface area is 87.3 Å². The van der Waals surface area contributed by atoms with E-state index in [4.69, 9.17) is 4.74 Å². The van der Waals surface area contributed by atoms with E-state index in [1.807, 2.05) is 6.92 Å². The van der Waals surface area contributed by atoms with Crippen LogP contribution in [0.15, 0.2) is 0 Å². The Balaban J connectivity index is 2.40. The molecule has 0 amide bonds. The fourth-order valence-electron chi connectivity index (χ4n) is 2.38. The maximum absolute atomic E-state index is 9.22. The molecule has 0 aromatic heterocycles. The van der Waals surface area contributed by atoms with Crippen LogP contribution in [0.4, 0.5) is 0 Å². The van der Waals surface area contributed by atoms with Gasteiger partial charge in [-0.15, -0.1) is 0 Å². The van der Waals surface area contributed by atoms with Gasteiger partial charge in [0.25, 0.3) is 0 Å². The lowest BCUT2D eigenvalue weighted by molar-refractivity contribution is 0.119.